The molecule has 0 aliphatic carbocycles. The van der Waals surface area contributed by atoms with E-state index in [0.717, 1.165) is 0 Å². The molecule has 0 saturated carbocycles. The van der Waals surface area contributed by atoms with Crippen LogP contribution in [0.1, 0.15) is 12.8 Å². The predicted molar refractivity (Wildman–Crippen MR) is 58.2 cm³/mol. The normalized spacial score (nSPS) is 9.50. The number of benzene rings is 1. The average molecular weight is 221 g/mol. The molecule has 0 fully saturated rings. The fraction of sp³-hybridized carbons (Fsp3) is 0.182. The Labute approximate surface area is 92.5 Å². The topological polar surface area (TPSA) is 69.4 Å². The third-order valence-electron chi connectivity index (χ3n) is 1.84. The second kappa shape index (κ2) is 5.65. The lowest BCUT2D eigenvalue weighted by molar-refractivity contribution is -0.385. The molecule has 1 aromatic carbocycles. The third-order valence-corrected chi connectivity index (χ3v) is 1.84. The quantitative estimate of drug-likeness (QED) is 0.252. The van der Waals surface area contributed by atoms with Crippen LogP contribution < -0.4 is 4.74 Å². The summed E-state index contributed by atoms with van der Waals surface area (Å²) >= 11 is 0. The molecule has 0 aliphatic heterocycles. The summed E-state index contributed by atoms with van der Waals surface area (Å²) in [4.78, 5) is 21.3. The van der Waals surface area contributed by atoms with Crippen molar-refractivity contribution in [3.05, 3.63) is 47.0 Å². The summed E-state index contributed by atoms with van der Waals surface area (Å²) < 4.78 is 4.88. The highest BCUT2D eigenvalue weighted by Crippen LogP contribution is 2.26. The summed E-state index contributed by atoms with van der Waals surface area (Å²) in [6, 6.07) is 5.77. The van der Waals surface area contributed by atoms with E-state index in [4.69, 9.17) is 4.74 Å². The van der Waals surface area contributed by atoms with Gasteiger partial charge in [-0.05, 0) is 12.5 Å². The van der Waals surface area contributed by atoms with Crippen LogP contribution in [-0.4, -0.2) is 10.9 Å². The molecule has 0 radical (unpaired) electrons. The summed E-state index contributed by atoms with van der Waals surface area (Å²) in [5.41, 5.74) is -0.213. The largest absolute Gasteiger partial charge is 0.419 e. The smallest absolute Gasteiger partial charge is 0.311 e. The number of ether oxygens (including phenoxy) is 1. The van der Waals surface area contributed by atoms with Gasteiger partial charge in [0.1, 0.15) is 0 Å². The van der Waals surface area contributed by atoms with Gasteiger partial charge in [0.2, 0.25) is 5.75 Å². The number of rotatable bonds is 5. The Balaban J connectivity index is 2.76. The van der Waals surface area contributed by atoms with E-state index in [1.54, 1.807) is 12.1 Å². The zero-order valence-corrected chi connectivity index (χ0v) is 8.59. The second-order valence-electron chi connectivity index (χ2n) is 3.03. The molecule has 0 heterocycles. The van der Waals surface area contributed by atoms with Crippen molar-refractivity contribution < 1.29 is 14.5 Å². The number of hydrogen-bond donors (Lipinski definition) is 0. The summed E-state index contributed by atoms with van der Waals surface area (Å²) in [6.45, 7) is 3.47. The molecule has 1 aromatic rings. The van der Waals surface area contributed by atoms with Crippen molar-refractivity contribution in [2.75, 3.05) is 0 Å². The molecule has 0 unspecified atom stereocenters. The summed E-state index contributed by atoms with van der Waals surface area (Å²) in [6.07, 6.45) is 2.23. The van der Waals surface area contributed by atoms with Gasteiger partial charge in [0, 0.05) is 12.5 Å². The zero-order valence-electron chi connectivity index (χ0n) is 8.59. The standard InChI is InChI=1S/C11H11NO4/c1-2-3-8-11(13)16-10-7-5-4-6-9(10)12(14)15/h2,4-7H,1,3,8H2. The van der Waals surface area contributed by atoms with Crippen LogP contribution in [0.5, 0.6) is 5.75 Å². The minimum Gasteiger partial charge on any atom is -0.419 e. The van der Waals surface area contributed by atoms with Crippen molar-refractivity contribution in [1.82, 2.24) is 0 Å². The molecule has 0 N–H and O–H groups in total. The third kappa shape index (κ3) is 3.20. The Morgan fingerprint density at radius 3 is 2.81 bits per heavy atom. The molecular weight excluding hydrogens is 210 g/mol. The number of nitro groups is 1. The lowest BCUT2D eigenvalue weighted by Gasteiger charge is -2.03. The van der Waals surface area contributed by atoms with Crippen LogP contribution in [0.4, 0.5) is 5.69 Å². The SMILES string of the molecule is C=CCCC(=O)Oc1ccccc1[N+](=O)[O-]. The number of para-hydroxylation sites is 2. The number of carbonyl (C=O) groups is 1. The van der Waals surface area contributed by atoms with Crippen molar-refractivity contribution in [1.29, 1.82) is 0 Å². The number of esters is 1. The Kier molecular flexibility index (Phi) is 4.20. The molecule has 84 valence electrons. The van der Waals surface area contributed by atoms with E-state index in [0.29, 0.717) is 6.42 Å². The molecule has 0 saturated heterocycles. The van der Waals surface area contributed by atoms with Crippen molar-refractivity contribution in [3.8, 4) is 5.75 Å². The van der Waals surface area contributed by atoms with Gasteiger partial charge in [-0.1, -0.05) is 18.2 Å². The Bertz CT molecular complexity index is 414. The molecule has 0 aromatic heterocycles. The van der Waals surface area contributed by atoms with Crippen LogP contribution >= 0.6 is 0 Å². The van der Waals surface area contributed by atoms with Crippen molar-refractivity contribution in [3.63, 3.8) is 0 Å². The van der Waals surface area contributed by atoms with E-state index in [2.05, 4.69) is 6.58 Å². The lowest BCUT2D eigenvalue weighted by Crippen LogP contribution is -2.08. The molecular formula is C11H11NO4. The molecule has 5 heteroatoms. The summed E-state index contributed by atoms with van der Waals surface area (Å²) in [5, 5.41) is 10.6. The first-order chi connectivity index (χ1) is 7.65. The molecule has 1 rings (SSSR count). The molecule has 0 atom stereocenters. The number of hydrogen-bond acceptors (Lipinski definition) is 4. The first kappa shape index (κ1) is 11.9. The van der Waals surface area contributed by atoms with Crippen LogP contribution in [-0.2, 0) is 4.79 Å². The van der Waals surface area contributed by atoms with E-state index in [1.807, 2.05) is 0 Å². The van der Waals surface area contributed by atoms with Crippen LogP contribution in [0, 0.1) is 10.1 Å². The minimum absolute atomic E-state index is 0.0263. The van der Waals surface area contributed by atoms with Crippen molar-refractivity contribution >= 4 is 11.7 Å². The highest BCUT2D eigenvalue weighted by atomic mass is 16.6. The van der Waals surface area contributed by atoms with Gasteiger partial charge < -0.3 is 4.74 Å². The Morgan fingerprint density at radius 1 is 1.50 bits per heavy atom. The molecule has 0 aliphatic rings. The van der Waals surface area contributed by atoms with Crippen molar-refractivity contribution in [2.24, 2.45) is 0 Å². The first-order valence-electron chi connectivity index (χ1n) is 4.70. The van der Waals surface area contributed by atoms with Gasteiger partial charge in [0.25, 0.3) is 0 Å². The highest BCUT2D eigenvalue weighted by molar-refractivity contribution is 5.73. The van der Waals surface area contributed by atoms with E-state index >= 15 is 0 Å². The van der Waals surface area contributed by atoms with Gasteiger partial charge in [-0.3, -0.25) is 14.9 Å². The van der Waals surface area contributed by atoms with Gasteiger partial charge in [-0.2, -0.15) is 0 Å². The number of nitro benzene ring substituents is 1. The second-order valence-corrected chi connectivity index (χ2v) is 3.03. The van der Waals surface area contributed by atoms with Crippen LogP contribution in [0.3, 0.4) is 0 Å². The molecule has 0 bridgehead atoms. The van der Waals surface area contributed by atoms with E-state index in [-0.39, 0.29) is 17.9 Å². The minimum atomic E-state index is -0.587. The number of carbonyl (C=O) groups excluding carboxylic acids is 1. The lowest BCUT2D eigenvalue weighted by atomic mass is 10.3. The number of allylic oxidation sites excluding steroid dienone is 1. The van der Waals surface area contributed by atoms with E-state index < -0.39 is 10.9 Å². The average Bonchev–Trinajstić information content (AvgIpc) is 2.27. The van der Waals surface area contributed by atoms with Crippen LogP contribution in [0.15, 0.2) is 36.9 Å². The summed E-state index contributed by atoms with van der Waals surface area (Å²) in [7, 11) is 0. The fourth-order valence-corrected chi connectivity index (χ4v) is 1.09. The maximum Gasteiger partial charge on any atom is 0.311 e. The van der Waals surface area contributed by atoms with Crippen molar-refractivity contribution in [2.45, 2.75) is 12.8 Å². The first-order valence-corrected chi connectivity index (χ1v) is 4.70. The fourth-order valence-electron chi connectivity index (χ4n) is 1.09. The van der Waals surface area contributed by atoms with E-state index in [9.17, 15) is 14.9 Å². The molecule has 5 nitrogen and oxygen atoms in total. The molecule has 0 spiro atoms. The Morgan fingerprint density at radius 2 is 2.19 bits per heavy atom. The van der Waals surface area contributed by atoms with Gasteiger partial charge in [-0.15, -0.1) is 6.58 Å². The summed E-state index contributed by atoms with van der Waals surface area (Å²) in [5.74, 6) is -0.532. The van der Waals surface area contributed by atoms with Gasteiger partial charge in [0.15, 0.2) is 0 Å². The zero-order chi connectivity index (χ0) is 12.0. The predicted octanol–water partition coefficient (Wildman–Crippen LogP) is 2.47. The highest BCUT2D eigenvalue weighted by Gasteiger charge is 2.16. The van der Waals surface area contributed by atoms with E-state index in [1.165, 1.54) is 18.2 Å². The maximum atomic E-state index is 11.3. The maximum absolute atomic E-state index is 11.3. The monoisotopic (exact) mass is 221 g/mol. The molecule has 0 amide bonds. The Hall–Kier alpha value is -2.17. The van der Waals surface area contributed by atoms with Crippen LogP contribution in [0.2, 0.25) is 0 Å². The van der Waals surface area contributed by atoms with Gasteiger partial charge >= 0.3 is 11.7 Å². The van der Waals surface area contributed by atoms with Crippen LogP contribution in [0.25, 0.3) is 0 Å². The van der Waals surface area contributed by atoms with Gasteiger partial charge in [-0.25, -0.2) is 0 Å². The molecule has 16 heavy (non-hydrogen) atoms. The van der Waals surface area contributed by atoms with Gasteiger partial charge in [0.05, 0.1) is 4.92 Å². The number of nitrogens with zero attached hydrogens (tertiary/aromatic N) is 1.